The summed E-state index contributed by atoms with van der Waals surface area (Å²) < 4.78 is 5.26. The summed E-state index contributed by atoms with van der Waals surface area (Å²) in [6.07, 6.45) is 1.71. The van der Waals surface area contributed by atoms with Crippen molar-refractivity contribution in [3.63, 3.8) is 0 Å². The molecule has 1 aromatic heterocycles. The van der Waals surface area contributed by atoms with Crippen LogP contribution < -0.4 is 4.74 Å². The van der Waals surface area contributed by atoms with Gasteiger partial charge in [-0.1, -0.05) is 11.6 Å². The second-order valence-electron chi connectivity index (χ2n) is 3.22. The Bertz CT molecular complexity index is 496. The van der Waals surface area contributed by atoms with E-state index < -0.39 is 0 Å². The lowest BCUT2D eigenvalue weighted by Crippen LogP contribution is -1.88. The lowest BCUT2D eigenvalue weighted by atomic mass is 10.1. The molecule has 0 atom stereocenters. The van der Waals surface area contributed by atoms with Crippen LogP contribution in [0.5, 0.6) is 5.75 Å². The van der Waals surface area contributed by atoms with E-state index in [9.17, 15) is 0 Å². The van der Waals surface area contributed by atoms with Gasteiger partial charge in [0.15, 0.2) is 0 Å². The minimum atomic E-state index is 0.350. The number of hydrogen-bond acceptors (Lipinski definition) is 2. The molecule has 1 heterocycles. The number of ether oxygens (including phenoxy) is 1. The summed E-state index contributed by atoms with van der Waals surface area (Å²) in [5.41, 5.74) is 1.72. The van der Waals surface area contributed by atoms with Crippen LogP contribution in [0.2, 0.25) is 5.02 Å². The number of methoxy groups -OCH3 is 1. The molecule has 16 heavy (non-hydrogen) atoms. The molecule has 0 saturated carbocycles. The third kappa shape index (κ3) is 2.15. The molecule has 0 fully saturated rings. The summed E-state index contributed by atoms with van der Waals surface area (Å²) >= 11 is 11.6. The number of benzene rings is 1. The highest BCUT2D eigenvalue weighted by molar-refractivity contribution is 6.30. The maximum Gasteiger partial charge on any atom is 0.128 e. The highest BCUT2D eigenvalue weighted by Crippen LogP contribution is 2.31. The second-order valence-corrected chi connectivity index (χ2v) is 3.93. The van der Waals surface area contributed by atoms with Gasteiger partial charge in [0.05, 0.1) is 24.9 Å². The molecular weight excluding hydrogens is 247 g/mol. The monoisotopic (exact) mass is 256 g/mol. The third-order valence-electron chi connectivity index (χ3n) is 2.21. The van der Waals surface area contributed by atoms with Crippen molar-refractivity contribution in [3.05, 3.63) is 35.2 Å². The van der Waals surface area contributed by atoms with Crippen LogP contribution in [-0.4, -0.2) is 17.1 Å². The van der Waals surface area contributed by atoms with E-state index in [0.29, 0.717) is 10.9 Å². The van der Waals surface area contributed by atoms with Gasteiger partial charge in [0.25, 0.3) is 0 Å². The van der Waals surface area contributed by atoms with E-state index in [2.05, 4.69) is 9.97 Å². The summed E-state index contributed by atoms with van der Waals surface area (Å²) in [6, 6.07) is 5.42. The first-order valence-corrected chi connectivity index (χ1v) is 5.59. The van der Waals surface area contributed by atoms with Crippen LogP contribution in [0, 0.1) is 0 Å². The summed E-state index contributed by atoms with van der Waals surface area (Å²) in [4.78, 5) is 7.23. The van der Waals surface area contributed by atoms with E-state index in [-0.39, 0.29) is 0 Å². The summed E-state index contributed by atoms with van der Waals surface area (Å²) in [6.45, 7) is 0. The van der Waals surface area contributed by atoms with E-state index in [4.69, 9.17) is 27.9 Å². The molecule has 1 aromatic carbocycles. The van der Waals surface area contributed by atoms with Crippen LogP contribution >= 0.6 is 23.2 Å². The SMILES string of the molecule is COc1ccc(Cl)cc1-c1cnc(CCl)[nH]1. The number of nitrogens with zero attached hydrogens (tertiary/aromatic N) is 1. The number of aromatic amines is 1. The summed E-state index contributed by atoms with van der Waals surface area (Å²) in [5, 5.41) is 0.651. The number of rotatable bonds is 3. The molecule has 0 unspecified atom stereocenters. The van der Waals surface area contributed by atoms with Crippen molar-refractivity contribution in [1.82, 2.24) is 9.97 Å². The first-order valence-electron chi connectivity index (χ1n) is 4.68. The average molecular weight is 257 g/mol. The third-order valence-corrected chi connectivity index (χ3v) is 2.69. The fourth-order valence-electron chi connectivity index (χ4n) is 1.46. The molecule has 0 bridgehead atoms. The Morgan fingerprint density at radius 2 is 2.25 bits per heavy atom. The highest BCUT2D eigenvalue weighted by Gasteiger charge is 2.09. The van der Waals surface area contributed by atoms with Crippen molar-refractivity contribution in [1.29, 1.82) is 0 Å². The predicted octanol–water partition coefficient (Wildman–Crippen LogP) is 3.48. The molecule has 0 spiro atoms. The Hall–Kier alpha value is -1.19. The number of aromatic nitrogens is 2. The van der Waals surface area contributed by atoms with Crippen LogP contribution in [0.25, 0.3) is 11.3 Å². The lowest BCUT2D eigenvalue weighted by Gasteiger charge is -2.06. The zero-order valence-corrected chi connectivity index (χ0v) is 10.1. The van der Waals surface area contributed by atoms with E-state index >= 15 is 0 Å². The van der Waals surface area contributed by atoms with Gasteiger partial charge in [-0.3, -0.25) is 0 Å². The first kappa shape index (κ1) is 11.3. The van der Waals surface area contributed by atoms with Crippen LogP contribution in [0.1, 0.15) is 5.82 Å². The Labute approximate surface area is 103 Å². The molecule has 0 amide bonds. The zero-order chi connectivity index (χ0) is 11.5. The van der Waals surface area contributed by atoms with Gasteiger partial charge in [-0.25, -0.2) is 4.98 Å². The zero-order valence-electron chi connectivity index (χ0n) is 8.63. The minimum absolute atomic E-state index is 0.350. The van der Waals surface area contributed by atoms with Gasteiger partial charge < -0.3 is 9.72 Å². The average Bonchev–Trinajstić information content (AvgIpc) is 2.77. The Morgan fingerprint density at radius 3 is 2.88 bits per heavy atom. The number of nitrogens with one attached hydrogen (secondary N) is 1. The van der Waals surface area contributed by atoms with Gasteiger partial charge in [-0.05, 0) is 18.2 Å². The Kier molecular flexibility index (Phi) is 3.36. The first-order chi connectivity index (χ1) is 7.74. The number of alkyl halides is 1. The summed E-state index contributed by atoms with van der Waals surface area (Å²) in [5.74, 6) is 1.82. The molecule has 1 N–H and O–H groups in total. The van der Waals surface area contributed by atoms with Crippen molar-refractivity contribution in [2.45, 2.75) is 5.88 Å². The van der Waals surface area contributed by atoms with Crippen molar-refractivity contribution in [3.8, 4) is 17.0 Å². The fraction of sp³-hybridized carbons (Fsp3) is 0.182. The fourth-order valence-corrected chi connectivity index (χ4v) is 1.77. The van der Waals surface area contributed by atoms with E-state index in [1.807, 2.05) is 12.1 Å². The van der Waals surface area contributed by atoms with Gasteiger partial charge >= 0.3 is 0 Å². The van der Waals surface area contributed by atoms with Gasteiger partial charge in [0, 0.05) is 10.6 Å². The topological polar surface area (TPSA) is 37.9 Å². The number of imidazole rings is 1. The molecule has 84 valence electrons. The van der Waals surface area contributed by atoms with Gasteiger partial charge in [0.2, 0.25) is 0 Å². The minimum Gasteiger partial charge on any atom is -0.496 e. The van der Waals surface area contributed by atoms with Crippen molar-refractivity contribution >= 4 is 23.2 Å². The van der Waals surface area contributed by atoms with Crippen LogP contribution in [0.4, 0.5) is 0 Å². The molecule has 2 aromatic rings. The largest absolute Gasteiger partial charge is 0.496 e. The molecule has 0 radical (unpaired) electrons. The van der Waals surface area contributed by atoms with Gasteiger partial charge in [-0.15, -0.1) is 11.6 Å². The van der Waals surface area contributed by atoms with Crippen LogP contribution in [-0.2, 0) is 5.88 Å². The predicted molar refractivity (Wildman–Crippen MR) is 65.1 cm³/mol. The second kappa shape index (κ2) is 4.76. The molecule has 2 rings (SSSR count). The van der Waals surface area contributed by atoms with E-state index in [1.54, 1.807) is 19.4 Å². The van der Waals surface area contributed by atoms with Crippen molar-refractivity contribution in [2.24, 2.45) is 0 Å². The van der Waals surface area contributed by atoms with Crippen molar-refractivity contribution in [2.75, 3.05) is 7.11 Å². The quantitative estimate of drug-likeness (QED) is 0.855. The molecule has 3 nitrogen and oxygen atoms in total. The Balaban J connectivity index is 2.49. The van der Waals surface area contributed by atoms with E-state index in [0.717, 1.165) is 22.8 Å². The maximum absolute atomic E-state index is 5.95. The lowest BCUT2D eigenvalue weighted by molar-refractivity contribution is 0.416. The van der Waals surface area contributed by atoms with E-state index in [1.165, 1.54) is 0 Å². The van der Waals surface area contributed by atoms with Crippen LogP contribution in [0.15, 0.2) is 24.4 Å². The smallest absolute Gasteiger partial charge is 0.128 e. The van der Waals surface area contributed by atoms with Gasteiger partial charge in [0.1, 0.15) is 11.6 Å². The number of halogens is 2. The molecular formula is C11H10Cl2N2O. The van der Waals surface area contributed by atoms with Gasteiger partial charge in [-0.2, -0.15) is 0 Å². The summed E-state index contributed by atoms with van der Waals surface area (Å²) in [7, 11) is 1.62. The molecule has 0 aliphatic heterocycles. The normalized spacial score (nSPS) is 10.4. The number of H-pyrrole nitrogens is 1. The molecule has 0 aliphatic carbocycles. The maximum atomic E-state index is 5.95. The highest BCUT2D eigenvalue weighted by atomic mass is 35.5. The standard InChI is InChI=1S/C11H10Cl2N2O/c1-16-10-3-2-7(13)4-8(10)9-6-14-11(5-12)15-9/h2-4,6H,5H2,1H3,(H,14,15). The Morgan fingerprint density at radius 1 is 1.44 bits per heavy atom. The molecule has 0 aliphatic rings. The van der Waals surface area contributed by atoms with Crippen molar-refractivity contribution < 1.29 is 4.74 Å². The molecule has 5 heteroatoms. The van der Waals surface area contributed by atoms with Crippen LogP contribution in [0.3, 0.4) is 0 Å². The number of hydrogen-bond donors (Lipinski definition) is 1. The molecule has 0 saturated heterocycles.